The lowest BCUT2D eigenvalue weighted by molar-refractivity contribution is -0.132. The molecule has 3 heterocycles. The highest BCUT2D eigenvalue weighted by Crippen LogP contribution is 2.23. The van der Waals surface area contributed by atoms with Crippen molar-refractivity contribution in [1.29, 1.82) is 0 Å². The number of amidine groups is 1. The van der Waals surface area contributed by atoms with Crippen molar-refractivity contribution in [3.63, 3.8) is 0 Å². The van der Waals surface area contributed by atoms with Crippen molar-refractivity contribution in [3.05, 3.63) is 24.2 Å². The van der Waals surface area contributed by atoms with E-state index >= 15 is 0 Å². The van der Waals surface area contributed by atoms with Crippen LogP contribution in [0.4, 0.5) is 0 Å². The predicted octanol–water partition coefficient (Wildman–Crippen LogP) is 1.85. The van der Waals surface area contributed by atoms with Gasteiger partial charge in [0.2, 0.25) is 5.91 Å². The molecule has 0 aliphatic carbocycles. The van der Waals surface area contributed by atoms with Crippen LogP contribution in [0.2, 0.25) is 0 Å². The minimum Gasteiger partial charge on any atom is -0.469 e. The number of rotatable bonds is 3. The van der Waals surface area contributed by atoms with E-state index < -0.39 is 0 Å². The highest BCUT2D eigenvalue weighted by atomic mass is 32.2. The molecular weight excluding hydrogens is 286 g/mol. The molecule has 1 fully saturated rings. The van der Waals surface area contributed by atoms with Crippen molar-refractivity contribution in [2.45, 2.75) is 25.0 Å². The molecule has 1 atom stereocenters. The van der Waals surface area contributed by atoms with Crippen molar-refractivity contribution < 1.29 is 9.21 Å². The molecule has 0 N–H and O–H groups in total. The van der Waals surface area contributed by atoms with Gasteiger partial charge in [-0.25, -0.2) is 0 Å². The summed E-state index contributed by atoms with van der Waals surface area (Å²) in [6, 6.07) is 3.78. The molecule has 1 aromatic rings. The maximum Gasteiger partial charge on any atom is 0.223 e. The highest BCUT2D eigenvalue weighted by Gasteiger charge is 2.26. The fraction of sp³-hybridized carbons (Fsp3) is 0.600. The molecule has 1 saturated heterocycles. The van der Waals surface area contributed by atoms with E-state index in [0.717, 1.165) is 43.7 Å². The average Bonchev–Trinajstić information content (AvgIpc) is 3.16. The summed E-state index contributed by atoms with van der Waals surface area (Å²) in [5.41, 5.74) is 0. The Kier molecular flexibility index (Phi) is 4.53. The first kappa shape index (κ1) is 14.5. The summed E-state index contributed by atoms with van der Waals surface area (Å²) in [7, 11) is 0. The Hall–Kier alpha value is -1.43. The smallest absolute Gasteiger partial charge is 0.223 e. The van der Waals surface area contributed by atoms with Gasteiger partial charge in [0.25, 0.3) is 0 Å². The number of aliphatic imine (C=N–C) groups is 1. The molecule has 2 aliphatic heterocycles. The average molecular weight is 307 g/mol. The maximum atomic E-state index is 12.2. The molecule has 2 aliphatic rings. The monoisotopic (exact) mass is 307 g/mol. The molecular formula is C15H21N3O2S. The number of hydrogen-bond donors (Lipinski definition) is 0. The number of carbonyl (C=O) groups is 1. The highest BCUT2D eigenvalue weighted by molar-refractivity contribution is 8.14. The zero-order valence-corrected chi connectivity index (χ0v) is 13.1. The molecule has 1 amide bonds. The summed E-state index contributed by atoms with van der Waals surface area (Å²) in [4.78, 5) is 21.0. The second kappa shape index (κ2) is 6.56. The minimum absolute atomic E-state index is 0.223. The van der Waals surface area contributed by atoms with E-state index in [9.17, 15) is 4.79 Å². The number of furan rings is 1. The van der Waals surface area contributed by atoms with E-state index in [0.29, 0.717) is 18.1 Å². The Morgan fingerprint density at radius 2 is 2.24 bits per heavy atom. The van der Waals surface area contributed by atoms with Gasteiger partial charge in [0, 0.05) is 44.3 Å². The molecule has 0 saturated carbocycles. The van der Waals surface area contributed by atoms with Crippen molar-refractivity contribution >= 4 is 22.8 Å². The fourth-order valence-corrected chi connectivity index (χ4v) is 3.62. The van der Waals surface area contributed by atoms with Crippen molar-refractivity contribution in [2.75, 3.05) is 32.7 Å². The lowest BCUT2D eigenvalue weighted by atomic mass is 10.2. The second-order valence-electron chi connectivity index (χ2n) is 5.50. The molecule has 3 rings (SSSR count). The van der Waals surface area contributed by atoms with E-state index in [1.165, 1.54) is 0 Å². The zero-order valence-electron chi connectivity index (χ0n) is 12.3. The topological polar surface area (TPSA) is 49.0 Å². The van der Waals surface area contributed by atoms with Gasteiger partial charge < -0.3 is 14.2 Å². The molecule has 0 spiro atoms. The Bertz CT molecular complexity index is 507. The summed E-state index contributed by atoms with van der Waals surface area (Å²) >= 11 is 1.85. The van der Waals surface area contributed by atoms with Gasteiger partial charge in [0.1, 0.15) is 5.76 Å². The van der Waals surface area contributed by atoms with Gasteiger partial charge in [-0.15, -0.1) is 0 Å². The molecule has 0 bridgehead atoms. The van der Waals surface area contributed by atoms with Crippen molar-refractivity contribution in [3.8, 4) is 0 Å². The standard InChI is InChI=1S/C15H21N3O2S/c1-12-11-16-15(21-12)18-8-6-17(7-9-18)14(19)5-4-13-3-2-10-20-13/h2-3,10,12H,4-9,11H2,1H3. The first-order chi connectivity index (χ1) is 10.2. The number of nitrogens with zero attached hydrogens (tertiary/aromatic N) is 3. The van der Waals surface area contributed by atoms with E-state index in [-0.39, 0.29) is 5.91 Å². The number of aryl methyl sites for hydroxylation is 1. The van der Waals surface area contributed by atoms with Gasteiger partial charge in [-0.3, -0.25) is 9.79 Å². The van der Waals surface area contributed by atoms with Gasteiger partial charge in [-0.2, -0.15) is 0 Å². The normalized spacial score (nSPS) is 22.5. The quantitative estimate of drug-likeness (QED) is 0.855. The van der Waals surface area contributed by atoms with Crippen LogP contribution in [0.1, 0.15) is 19.1 Å². The van der Waals surface area contributed by atoms with Crippen LogP contribution in [-0.4, -0.2) is 58.8 Å². The van der Waals surface area contributed by atoms with E-state index in [4.69, 9.17) is 4.42 Å². The summed E-state index contributed by atoms with van der Waals surface area (Å²) in [5.74, 6) is 1.10. The molecule has 0 aromatic carbocycles. The molecule has 0 radical (unpaired) electrons. The number of thioether (sulfide) groups is 1. The van der Waals surface area contributed by atoms with Crippen LogP contribution in [0, 0.1) is 0 Å². The second-order valence-corrected chi connectivity index (χ2v) is 6.90. The van der Waals surface area contributed by atoms with Gasteiger partial charge in [0.15, 0.2) is 5.17 Å². The van der Waals surface area contributed by atoms with Crippen LogP contribution in [0.15, 0.2) is 27.8 Å². The van der Waals surface area contributed by atoms with Crippen molar-refractivity contribution in [1.82, 2.24) is 9.80 Å². The zero-order chi connectivity index (χ0) is 14.7. The van der Waals surface area contributed by atoms with Crippen LogP contribution >= 0.6 is 11.8 Å². The molecule has 21 heavy (non-hydrogen) atoms. The summed E-state index contributed by atoms with van der Waals surface area (Å²) in [6.45, 7) is 6.50. The van der Waals surface area contributed by atoms with Crippen LogP contribution in [0.25, 0.3) is 0 Å². The molecule has 114 valence electrons. The Labute approximate surface area is 129 Å². The maximum absolute atomic E-state index is 12.2. The number of carbonyl (C=O) groups excluding carboxylic acids is 1. The van der Waals surface area contributed by atoms with Gasteiger partial charge in [0.05, 0.1) is 12.8 Å². The van der Waals surface area contributed by atoms with Crippen LogP contribution in [0.3, 0.4) is 0 Å². The Balaban J connectivity index is 1.43. The van der Waals surface area contributed by atoms with E-state index in [1.54, 1.807) is 6.26 Å². The van der Waals surface area contributed by atoms with E-state index in [2.05, 4.69) is 16.8 Å². The first-order valence-corrected chi connectivity index (χ1v) is 8.36. The van der Waals surface area contributed by atoms with Crippen molar-refractivity contribution in [2.24, 2.45) is 4.99 Å². The largest absolute Gasteiger partial charge is 0.469 e. The number of hydrogen-bond acceptors (Lipinski definition) is 5. The van der Waals surface area contributed by atoms with Gasteiger partial charge in [-0.1, -0.05) is 18.7 Å². The Morgan fingerprint density at radius 3 is 2.86 bits per heavy atom. The minimum atomic E-state index is 0.223. The number of piperazine rings is 1. The lowest BCUT2D eigenvalue weighted by Gasteiger charge is -2.35. The van der Waals surface area contributed by atoms with Crippen LogP contribution < -0.4 is 0 Å². The molecule has 1 aromatic heterocycles. The Morgan fingerprint density at radius 1 is 1.43 bits per heavy atom. The third-order valence-corrected chi connectivity index (χ3v) is 5.01. The summed E-state index contributed by atoms with van der Waals surface area (Å²) < 4.78 is 5.27. The third kappa shape index (κ3) is 3.61. The van der Waals surface area contributed by atoms with Crippen LogP contribution in [-0.2, 0) is 11.2 Å². The fourth-order valence-electron chi connectivity index (χ4n) is 2.63. The third-order valence-electron chi connectivity index (χ3n) is 3.86. The lowest BCUT2D eigenvalue weighted by Crippen LogP contribution is -2.49. The van der Waals surface area contributed by atoms with Gasteiger partial charge in [-0.05, 0) is 12.1 Å². The summed E-state index contributed by atoms with van der Waals surface area (Å²) in [5, 5.41) is 1.75. The van der Waals surface area contributed by atoms with E-state index in [1.807, 2.05) is 28.8 Å². The van der Waals surface area contributed by atoms with Gasteiger partial charge >= 0.3 is 0 Å². The van der Waals surface area contributed by atoms with Crippen LogP contribution in [0.5, 0.6) is 0 Å². The predicted molar refractivity (Wildman–Crippen MR) is 84.5 cm³/mol. The molecule has 6 heteroatoms. The molecule has 5 nitrogen and oxygen atoms in total. The molecule has 1 unspecified atom stereocenters. The SMILES string of the molecule is CC1CN=C(N2CCN(C(=O)CCc3ccco3)CC2)S1. The first-order valence-electron chi connectivity index (χ1n) is 7.48. The summed E-state index contributed by atoms with van der Waals surface area (Å²) in [6.07, 6.45) is 2.87. The number of amides is 1.